The fraction of sp³-hybridized carbons (Fsp3) is 0.594. The van der Waals surface area contributed by atoms with E-state index in [2.05, 4.69) is 27.7 Å². The van der Waals surface area contributed by atoms with Gasteiger partial charge in [-0.2, -0.15) is 0 Å². The summed E-state index contributed by atoms with van der Waals surface area (Å²) in [7, 11) is 0. The molecule has 3 aliphatic heterocycles. The van der Waals surface area contributed by atoms with Crippen LogP contribution in [0.15, 0.2) is 36.4 Å². The number of benzene rings is 2. The Morgan fingerprint density at radius 3 is 2.15 bits per heavy atom. The van der Waals surface area contributed by atoms with Crippen molar-refractivity contribution in [1.82, 2.24) is 14.7 Å². The van der Waals surface area contributed by atoms with Gasteiger partial charge in [0.05, 0.1) is 6.54 Å². The van der Waals surface area contributed by atoms with E-state index >= 15 is 0 Å². The number of carbonyl (C=O) groups is 1. The van der Waals surface area contributed by atoms with Crippen LogP contribution in [0.2, 0.25) is 15.1 Å². The Hall–Kier alpha value is -1.50. The molecule has 5 rings (SSSR count). The predicted molar refractivity (Wildman–Crippen MR) is 167 cm³/mol. The Morgan fingerprint density at radius 1 is 0.900 bits per heavy atom. The third-order valence-electron chi connectivity index (χ3n) is 8.51. The van der Waals surface area contributed by atoms with Gasteiger partial charge in [0, 0.05) is 34.2 Å². The molecule has 220 valence electrons. The number of rotatable bonds is 8. The summed E-state index contributed by atoms with van der Waals surface area (Å²) in [4.78, 5) is 19.6. The summed E-state index contributed by atoms with van der Waals surface area (Å²) < 4.78 is 6.39. The minimum atomic E-state index is 0.296. The molecule has 1 unspecified atom stereocenters. The molecule has 0 spiro atoms. The largest absolute Gasteiger partial charge is 0.492 e. The van der Waals surface area contributed by atoms with Gasteiger partial charge in [-0.3, -0.25) is 14.6 Å². The molecule has 0 saturated carbocycles. The van der Waals surface area contributed by atoms with E-state index in [9.17, 15) is 4.79 Å². The van der Waals surface area contributed by atoms with Gasteiger partial charge < -0.3 is 9.64 Å². The molecule has 3 heterocycles. The first-order chi connectivity index (χ1) is 19.3. The molecule has 3 fully saturated rings. The minimum Gasteiger partial charge on any atom is -0.492 e. The summed E-state index contributed by atoms with van der Waals surface area (Å²) in [5.41, 5.74) is 2.31. The number of aryl methyl sites for hydroxylation is 1. The maximum absolute atomic E-state index is 12.7. The molecule has 2 aromatic rings. The molecule has 1 amide bonds. The number of halogens is 3. The Kier molecular flexibility index (Phi) is 12.3. The summed E-state index contributed by atoms with van der Waals surface area (Å²) >= 11 is 17.7. The number of piperidine rings is 1. The highest BCUT2D eigenvalue weighted by atomic mass is 35.5. The lowest BCUT2D eigenvalue weighted by Crippen LogP contribution is -2.43. The third-order valence-corrected chi connectivity index (χ3v) is 9.39. The summed E-state index contributed by atoms with van der Waals surface area (Å²) in [6.45, 7) is 11.7. The van der Waals surface area contributed by atoms with Crippen molar-refractivity contribution in [3.8, 4) is 5.75 Å². The van der Waals surface area contributed by atoms with E-state index in [0.29, 0.717) is 29.4 Å². The summed E-state index contributed by atoms with van der Waals surface area (Å²) in [5.74, 6) is 1.66. The number of hydrogen-bond acceptors (Lipinski definition) is 4. The van der Waals surface area contributed by atoms with Crippen molar-refractivity contribution in [2.75, 3.05) is 52.4 Å². The van der Waals surface area contributed by atoms with Crippen LogP contribution in [0, 0.1) is 6.92 Å². The highest BCUT2D eigenvalue weighted by molar-refractivity contribution is 6.35. The van der Waals surface area contributed by atoms with Crippen molar-refractivity contribution in [3.05, 3.63) is 62.6 Å². The smallest absolute Gasteiger partial charge is 0.236 e. The minimum absolute atomic E-state index is 0.296. The normalized spacial score (nSPS) is 19.4. The molecule has 0 N–H and O–H groups in total. The van der Waals surface area contributed by atoms with Crippen LogP contribution in [0.25, 0.3) is 0 Å². The SMILES string of the molecule is CCC(COc1cc(Cl)ccc1C1CCN(C(=O)CN2CCCC2)CC1)N1CCCC1.Cc1ccc(Cl)cc1Cl. The zero-order valence-electron chi connectivity index (χ0n) is 24.0. The number of amides is 1. The average molecular weight is 609 g/mol. The molecule has 3 aliphatic rings. The average Bonchev–Trinajstić information content (AvgIpc) is 3.67. The van der Waals surface area contributed by atoms with E-state index in [-0.39, 0.29) is 0 Å². The molecule has 8 heteroatoms. The summed E-state index contributed by atoms with van der Waals surface area (Å²) in [6, 6.07) is 12.0. The van der Waals surface area contributed by atoms with E-state index in [1.807, 2.05) is 31.2 Å². The van der Waals surface area contributed by atoms with Crippen molar-refractivity contribution >= 4 is 40.7 Å². The van der Waals surface area contributed by atoms with Gasteiger partial charge in [0.25, 0.3) is 0 Å². The Balaban J connectivity index is 0.000000350. The van der Waals surface area contributed by atoms with Crippen LogP contribution in [0.3, 0.4) is 0 Å². The van der Waals surface area contributed by atoms with Crippen LogP contribution < -0.4 is 4.74 Å². The maximum atomic E-state index is 12.7. The highest BCUT2D eigenvalue weighted by Crippen LogP contribution is 2.36. The number of likely N-dealkylation sites (tertiary alicyclic amines) is 3. The lowest BCUT2D eigenvalue weighted by molar-refractivity contribution is -0.133. The standard InChI is InChI=1S/C25H38ClN3O2.C7H6Cl2/c1-2-22(28-13-5-6-14-28)19-31-24-17-21(26)7-8-23(24)20-9-15-29(16-10-20)25(30)18-27-11-3-4-12-27;1-5-2-3-6(8)4-7(5)9/h7-8,17,20,22H,2-6,9-16,18-19H2,1H3;2-4H,1H3. The second-order valence-corrected chi connectivity index (χ2v) is 12.6. The Bertz CT molecular complexity index is 1090. The molecular weight excluding hydrogens is 565 g/mol. The number of nitrogens with zero attached hydrogens (tertiary/aromatic N) is 3. The topological polar surface area (TPSA) is 36.0 Å². The van der Waals surface area contributed by atoms with E-state index in [1.54, 1.807) is 6.07 Å². The van der Waals surface area contributed by atoms with Crippen molar-refractivity contribution < 1.29 is 9.53 Å². The summed E-state index contributed by atoms with van der Waals surface area (Å²) in [5, 5.41) is 2.14. The van der Waals surface area contributed by atoms with E-state index in [4.69, 9.17) is 39.5 Å². The molecule has 5 nitrogen and oxygen atoms in total. The first kappa shape index (κ1) is 31.4. The molecule has 0 radical (unpaired) electrons. The van der Waals surface area contributed by atoms with Gasteiger partial charge in [0.2, 0.25) is 5.91 Å². The summed E-state index contributed by atoms with van der Waals surface area (Å²) in [6.07, 6.45) is 8.15. The second-order valence-electron chi connectivity index (χ2n) is 11.3. The molecular formula is C32H44Cl3N3O2. The van der Waals surface area contributed by atoms with Crippen molar-refractivity contribution in [2.24, 2.45) is 0 Å². The maximum Gasteiger partial charge on any atom is 0.236 e. The van der Waals surface area contributed by atoms with Crippen molar-refractivity contribution in [3.63, 3.8) is 0 Å². The molecule has 40 heavy (non-hydrogen) atoms. The van der Waals surface area contributed by atoms with Crippen LogP contribution in [-0.2, 0) is 4.79 Å². The van der Waals surface area contributed by atoms with Gasteiger partial charge in [-0.25, -0.2) is 0 Å². The van der Waals surface area contributed by atoms with Gasteiger partial charge >= 0.3 is 0 Å². The van der Waals surface area contributed by atoms with Crippen molar-refractivity contribution in [1.29, 1.82) is 0 Å². The van der Waals surface area contributed by atoms with Gasteiger partial charge in [-0.05, 0) is 119 Å². The third kappa shape index (κ3) is 9.00. The molecule has 1 atom stereocenters. The zero-order chi connectivity index (χ0) is 28.5. The van der Waals surface area contributed by atoms with Crippen LogP contribution in [0.4, 0.5) is 0 Å². The molecule has 0 aromatic heterocycles. The Morgan fingerprint density at radius 2 is 1.52 bits per heavy atom. The van der Waals surface area contributed by atoms with E-state index < -0.39 is 0 Å². The number of carbonyl (C=O) groups excluding carboxylic acids is 1. The van der Waals surface area contributed by atoms with Gasteiger partial charge in [-0.1, -0.05) is 53.9 Å². The predicted octanol–water partition coefficient (Wildman–Crippen LogP) is 7.70. The first-order valence-electron chi connectivity index (χ1n) is 14.9. The monoisotopic (exact) mass is 607 g/mol. The van der Waals surface area contributed by atoms with Crippen LogP contribution in [-0.4, -0.2) is 79.1 Å². The molecule has 0 bridgehead atoms. The lowest BCUT2D eigenvalue weighted by Gasteiger charge is -2.34. The molecule has 0 aliphatic carbocycles. The van der Waals surface area contributed by atoms with E-state index in [0.717, 1.165) is 73.4 Å². The Labute approximate surface area is 255 Å². The van der Waals surface area contributed by atoms with Gasteiger partial charge in [-0.15, -0.1) is 0 Å². The highest BCUT2D eigenvalue weighted by Gasteiger charge is 2.28. The first-order valence-corrected chi connectivity index (χ1v) is 16.1. The lowest BCUT2D eigenvalue weighted by atomic mass is 9.88. The van der Waals surface area contributed by atoms with Gasteiger partial charge in [0.1, 0.15) is 12.4 Å². The quantitative estimate of drug-likeness (QED) is 0.308. The van der Waals surface area contributed by atoms with Crippen LogP contribution in [0.5, 0.6) is 5.75 Å². The molecule has 2 aromatic carbocycles. The van der Waals surface area contributed by atoms with E-state index in [1.165, 1.54) is 44.3 Å². The van der Waals surface area contributed by atoms with Gasteiger partial charge in [0.15, 0.2) is 0 Å². The van der Waals surface area contributed by atoms with Crippen molar-refractivity contribution in [2.45, 2.75) is 70.8 Å². The number of hydrogen-bond donors (Lipinski definition) is 0. The van der Waals surface area contributed by atoms with Crippen LogP contribution >= 0.6 is 34.8 Å². The fourth-order valence-electron chi connectivity index (χ4n) is 5.98. The second kappa shape index (κ2) is 15.7. The van der Waals surface area contributed by atoms with Crippen LogP contribution in [0.1, 0.15) is 68.9 Å². The number of ether oxygens (including phenoxy) is 1. The fourth-order valence-corrected chi connectivity index (χ4v) is 6.55. The zero-order valence-corrected chi connectivity index (χ0v) is 26.3. The molecule has 3 saturated heterocycles.